The molecular formula is C31H35Cl3N4O4. The van der Waals surface area contributed by atoms with E-state index >= 15 is 0 Å². The molecule has 1 fully saturated rings. The third kappa shape index (κ3) is 9.06. The van der Waals surface area contributed by atoms with Crippen molar-refractivity contribution in [1.82, 2.24) is 9.88 Å². The van der Waals surface area contributed by atoms with E-state index < -0.39 is 10.7 Å². The number of hydrogen-bond donors (Lipinski definition) is 0. The predicted molar refractivity (Wildman–Crippen MR) is 168 cm³/mol. The van der Waals surface area contributed by atoms with Gasteiger partial charge in [-0.1, -0.05) is 71.1 Å². The Balaban J connectivity index is 1.41. The lowest BCUT2D eigenvalue weighted by molar-refractivity contribution is -0.117. The van der Waals surface area contributed by atoms with Crippen LogP contribution in [0.2, 0.25) is 5.02 Å². The summed E-state index contributed by atoms with van der Waals surface area (Å²) in [4.78, 5) is 25.7. The Hall–Kier alpha value is -2.88. The predicted octanol–water partition coefficient (Wildman–Crippen LogP) is 6.42. The number of carbonyl (C=O) groups excluding carboxylic acids is 1. The number of aryl methyl sites for hydroxylation is 1. The highest BCUT2D eigenvalue weighted by atomic mass is 35.5. The summed E-state index contributed by atoms with van der Waals surface area (Å²) in [5.41, 5.74) is 4.69. The standard InChI is InChI=1S/C31H35Cl3N4O4/c1-3-28(29-22(2)5-4-6-27(29)32)36-42-21-24-19-25(11-12-35-24)38(31(39)30(33)34)20-23-7-9-26(10-8-23)41-18-15-37-13-16-40-17-14-37/h4-12,19,30H,3,13-18,20-21H2,1-2H3/b36-28+. The summed E-state index contributed by atoms with van der Waals surface area (Å²) in [6, 6.07) is 16.8. The van der Waals surface area contributed by atoms with Crippen LogP contribution in [-0.2, 0) is 27.5 Å². The lowest BCUT2D eigenvalue weighted by atomic mass is 10.0. The van der Waals surface area contributed by atoms with Crippen molar-refractivity contribution in [2.75, 3.05) is 44.4 Å². The molecule has 42 heavy (non-hydrogen) atoms. The molecule has 2 heterocycles. The summed E-state index contributed by atoms with van der Waals surface area (Å²) in [6.07, 6.45) is 2.25. The highest BCUT2D eigenvalue weighted by Gasteiger charge is 2.23. The van der Waals surface area contributed by atoms with Crippen LogP contribution in [0.1, 0.15) is 35.7 Å². The van der Waals surface area contributed by atoms with Gasteiger partial charge in [0.2, 0.25) is 0 Å². The molecule has 224 valence electrons. The second-order valence-electron chi connectivity index (χ2n) is 9.77. The fraction of sp³-hybridized carbons (Fsp3) is 0.387. The maximum Gasteiger partial charge on any atom is 0.260 e. The molecule has 1 aromatic heterocycles. The van der Waals surface area contributed by atoms with E-state index in [0.29, 0.717) is 29.4 Å². The van der Waals surface area contributed by atoms with Gasteiger partial charge in [-0.05, 0) is 54.8 Å². The minimum Gasteiger partial charge on any atom is -0.492 e. The number of ether oxygens (including phenoxy) is 2. The Bertz CT molecular complexity index is 1330. The van der Waals surface area contributed by atoms with Crippen molar-refractivity contribution in [2.24, 2.45) is 5.16 Å². The van der Waals surface area contributed by atoms with E-state index in [2.05, 4.69) is 15.0 Å². The number of anilines is 1. The molecule has 4 rings (SSSR count). The molecule has 1 amide bonds. The molecule has 0 aliphatic carbocycles. The van der Waals surface area contributed by atoms with Gasteiger partial charge in [0.1, 0.15) is 12.4 Å². The normalized spacial score (nSPS) is 14.2. The van der Waals surface area contributed by atoms with E-state index in [4.69, 9.17) is 49.1 Å². The molecule has 0 spiro atoms. The fourth-order valence-corrected chi connectivity index (χ4v) is 5.14. The van der Waals surface area contributed by atoms with Crippen molar-refractivity contribution >= 4 is 52.1 Å². The van der Waals surface area contributed by atoms with Gasteiger partial charge in [0.15, 0.2) is 11.4 Å². The number of rotatable bonds is 13. The van der Waals surface area contributed by atoms with Crippen molar-refractivity contribution in [1.29, 1.82) is 0 Å². The Labute approximate surface area is 262 Å². The highest BCUT2D eigenvalue weighted by Crippen LogP contribution is 2.24. The summed E-state index contributed by atoms with van der Waals surface area (Å²) in [5.74, 6) is 0.322. The first kappa shape index (κ1) is 32.0. The number of hydrogen-bond acceptors (Lipinski definition) is 7. The van der Waals surface area contributed by atoms with Gasteiger partial charge in [-0.15, -0.1) is 0 Å². The third-order valence-corrected chi connectivity index (χ3v) is 7.53. The zero-order valence-electron chi connectivity index (χ0n) is 23.8. The summed E-state index contributed by atoms with van der Waals surface area (Å²) in [6.45, 7) is 9.15. The van der Waals surface area contributed by atoms with Crippen molar-refractivity contribution in [2.45, 2.75) is 38.3 Å². The highest BCUT2D eigenvalue weighted by molar-refractivity contribution is 6.54. The third-order valence-electron chi connectivity index (χ3n) is 6.84. The Morgan fingerprint density at radius 1 is 1.14 bits per heavy atom. The summed E-state index contributed by atoms with van der Waals surface area (Å²) < 4.78 is 11.3. The first-order valence-corrected chi connectivity index (χ1v) is 15.1. The second kappa shape index (κ2) is 16.1. The maximum absolute atomic E-state index is 13.0. The number of aromatic nitrogens is 1. The topological polar surface area (TPSA) is 76.5 Å². The number of oxime groups is 1. The van der Waals surface area contributed by atoms with Crippen LogP contribution in [0.5, 0.6) is 5.75 Å². The van der Waals surface area contributed by atoms with Crippen LogP contribution in [-0.4, -0.2) is 65.8 Å². The number of alkyl halides is 2. The zero-order chi connectivity index (χ0) is 29.9. The SMILES string of the molecule is CC/C(=N\OCc1cc(N(Cc2ccc(OCCN3CCOCC3)cc2)C(=O)C(Cl)Cl)ccn1)c1c(C)cccc1Cl. The van der Waals surface area contributed by atoms with E-state index in [1.165, 1.54) is 4.90 Å². The molecule has 0 atom stereocenters. The lowest BCUT2D eigenvalue weighted by Gasteiger charge is -2.26. The molecule has 1 aliphatic heterocycles. The molecule has 0 bridgehead atoms. The van der Waals surface area contributed by atoms with Crippen molar-refractivity contribution in [3.63, 3.8) is 0 Å². The minimum atomic E-state index is -1.23. The molecule has 0 N–H and O–H groups in total. The van der Waals surface area contributed by atoms with Crippen LogP contribution in [0.15, 0.2) is 65.9 Å². The number of nitrogens with zero attached hydrogens (tertiary/aromatic N) is 4. The van der Waals surface area contributed by atoms with Gasteiger partial charge in [0, 0.05) is 37.1 Å². The number of amides is 1. The van der Waals surface area contributed by atoms with Gasteiger partial charge in [-0.25, -0.2) is 0 Å². The zero-order valence-corrected chi connectivity index (χ0v) is 26.0. The molecule has 1 aliphatic rings. The van der Waals surface area contributed by atoms with Crippen LogP contribution in [0.3, 0.4) is 0 Å². The molecule has 2 aromatic carbocycles. The smallest absolute Gasteiger partial charge is 0.260 e. The summed E-state index contributed by atoms with van der Waals surface area (Å²) >= 11 is 18.5. The Morgan fingerprint density at radius 2 is 1.90 bits per heavy atom. The number of morpholine rings is 1. The monoisotopic (exact) mass is 632 g/mol. The number of pyridine rings is 1. The number of benzene rings is 2. The van der Waals surface area contributed by atoms with E-state index in [-0.39, 0.29) is 13.2 Å². The molecule has 0 saturated carbocycles. The molecular weight excluding hydrogens is 599 g/mol. The summed E-state index contributed by atoms with van der Waals surface area (Å²) in [7, 11) is 0. The van der Waals surface area contributed by atoms with Gasteiger partial charge < -0.3 is 19.2 Å². The molecule has 11 heteroatoms. The largest absolute Gasteiger partial charge is 0.492 e. The Kier molecular flexibility index (Phi) is 12.3. The van der Waals surface area contributed by atoms with Gasteiger partial charge in [-0.3, -0.25) is 14.7 Å². The molecule has 1 saturated heterocycles. The van der Waals surface area contributed by atoms with Crippen molar-refractivity contribution in [3.8, 4) is 5.75 Å². The van der Waals surface area contributed by atoms with Crippen LogP contribution in [0, 0.1) is 6.92 Å². The number of carbonyl (C=O) groups is 1. The maximum atomic E-state index is 13.0. The van der Waals surface area contributed by atoms with E-state index in [9.17, 15) is 4.79 Å². The first-order chi connectivity index (χ1) is 20.4. The van der Waals surface area contributed by atoms with Gasteiger partial charge >= 0.3 is 0 Å². The van der Waals surface area contributed by atoms with Crippen LogP contribution in [0.4, 0.5) is 5.69 Å². The fourth-order valence-electron chi connectivity index (χ4n) is 4.58. The van der Waals surface area contributed by atoms with E-state index in [1.807, 2.05) is 56.3 Å². The van der Waals surface area contributed by atoms with Crippen LogP contribution < -0.4 is 9.64 Å². The van der Waals surface area contributed by atoms with Gasteiger partial charge in [0.05, 0.1) is 36.2 Å². The summed E-state index contributed by atoms with van der Waals surface area (Å²) in [5, 5.41) is 4.96. The van der Waals surface area contributed by atoms with E-state index in [0.717, 1.165) is 61.0 Å². The van der Waals surface area contributed by atoms with Gasteiger partial charge in [0.25, 0.3) is 5.91 Å². The Morgan fingerprint density at radius 3 is 2.60 bits per heavy atom. The average molecular weight is 634 g/mol. The van der Waals surface area contributed by atoms with Crippen LogP contribution in [0.25, 0.3) is 0 Å². The molecule has 0 radical (unpaired) electrons. The van der Waals surface area contributed by atoms with Crippen molar-refractivity contribution in [3.05, 3.63) is 88.2 Å². The molecule has 3 aromatic rings. The van der Waals surface area contributed by atoms with Crippen LogP contribution >= 0.6 is 34.8 Å². The van der Waals surface area contributed by atoms with Gasteiger partial charge in [-0.2, -0.15) is 0 Å². The minimum absolute atomic E-state index is 0.102. The number of halogens is 3. The van der Waals surface area contributed by atoms with E-state index in [1.54, 1.807) is 18.3 Å². The second-order valence-corrected chi connectivity index (χ2v) is 11.3. The average Bonchev–Trinajstić information content (AvgIpc) is 3.00. The quantitative estimate of drug-likeness (QED) is 0.123. The van der Waals surface area contributed by atoms with Crippen molar-refractivity contribution < 1.29 is 19.1 Å². The molecule has 8 nitrogen and oxygen atoms in total. The molecule has 0 unspecified atom stereocenters. The lowest BCUT2D eigenvalue weighted by Crippen LogP contribution is -2.38. The first-order valence-electron chi connectivity index (χ1n) is 13.9.